The minimum Gasteiger partial charge on any atom is -0.381 e. The van der Waals surface area contributed by atoms with Crippen molar-refractivity contribution in [2.24, 2.45) is 0 Å². The lowest BCUT2D eigenvalue weighted by Gasteiger charge is -2.00. The van der Waals surface area contributed by atoms with Crippen LogP contribution in [0.25, 0.3) is 0 Å². The first-order valence-electron chi connectivity index (χ1n) is 3.34. The van der Waals surface area contributed by atoms with Gasteiger partial charge in [-0.25, -0.2) is 0 Å². The first kappa shape index (κ1) is 7.12. The average Bonchev–Trinajstić information content (AvgIpc) is 2.11. The van der Waals surface area contributed by atoms with Gasteiger partial charge in [0.05, 0.1) is 0 Å². The third-order valence-electron chi connectivity index (χ3n) is 1.51. The number of nitrogens with zero attached hydrogens (tertiary/aromatic N) is 1. The number of nitrogens with two attached hydrogens (primary N) is 1. The lowest BCUT2D eigenvalue weighted by atomic mass is 10.0. The Bertz CT molecular complexity index is 208. The van der Waals surface area contributed by atoms with Crippen LogP contribution in [-0.4, -0.2) is 5.16 Å². The molecule has 0 aliphatic rings. The largest absolute Gasteiger partial charge is 0.381 e. The maximum Gasteiger partial charge on any atom is 0.170 e. The van der Waals surface area contributed by atoms with Crippen LogP contribution in [0.2, 0.25) is 0 Å². The van der Waals surface area contributed by atoms with Crippen LogP contribution in [0.1, 0.15) is 31.1 Å². The van der Waals surface area contributed by atoms with E-state index in [1.54, 1.807) is 0 Å². The molecule has 1 rings (SSSR count). The molecule has 0 atom stereocenters. The van der Waals surface area contributed by atoms with Crippen molar-refractivity contribution >= 4 is 5.82 Å². The summed E-state index contributed by atoms with van der Waals surface area (Å²) in [5.74, 6) is 1.74. The Morgan fingerprint density at radius 1 is 1.50 bits per heavy atom. The second-order valence-electron chi connectivity index (χ2n) is 2.69. The van der Waals surface area contributed by atoms with Gasteiger partial charge in [-0.15, -0.1) is 0 Å². The summed E-state index contributed by atoms with van der Waals surface area (Å²) in [6, 6.07) is 0. The molecule has 0 saturated heterocycles. The molecule has 0 unspecified atom stereocenters. The standard InChI is InChI=1S/C7H12N2O/c1-4(2)6-5(3)10-9-7(6)8/h4H,1-3H3,(H2,8,9). The predicted octanol–water partition coefficient (Wildman–Crippen LogP) is 1.69. The number of aryl methyl sites for hydroxylation is 1. The molecule has 0 bridgehead atoms. The Balaban J connectivity index is 3.10. The van der Waals surface area contributed by atoms with Gasteiger partial charge in [-0.05, 0) is 12.8 Å². The predicted molar refractivity (Wildman–Crippen MR) is 39.7 cm³/mol. The zero-order valence-corrected chi connectivity index (χ0v) is 6.51. The van der Waals surface area contributed by atoms with E-state index < -0.39 is 0 Å². The summed E-state index contributed by atoms with van der Waals surface area (Å²) >= 11 is 0. The topological polar surface area (TPSA) is 52.0 Å². The summed E-state index contributed by atoms with van der Waals surface area (Å²) in [4.78, 5) is 0. The molecule has 0 saturated carbocycles. The van der Waals surface area contributed by atoms with Gasteiger partial charge in [-0.1, -0.05) is 19.0 Å². The highest BCUT2D eigenvalue weighted by Gasteiger charge is 2.12. The summed E-state index contributed by atoms with van der Waals surface area (Å²) in [6.45, 7) is 6.00. The molecule has 0 amide bonds. The van der Waals surface area contributed by atoms with Gasteiger partial charge in [0.15, 0.2) is 5.82 Å². The number of aromatic nitrogens is 1. The molecule has 0 fully saturated rings. The lowest BCUT2D eigenvalue weighted by molar-refractivity contribution is 0.398. The van der Waals surface area contributed by atoms with Gasteiger partial charge >= 0.3 is 0 Å². The molecule has 3 heteroatoms. The Hall–Kier alpha value is -0.990. The van der Waals surface area contributed by atoms with Crippen molar-refractivity contribution in [2.45, 2.75) is 26.7 Å². The van der Waals surface area contributed by atoms with E-state index in [2.05, 4.69) is 19.0 Å². The first-order chi connectivity index (χ1) is 4.63. The first-order valence-corrected chi connectivity index (χ1v) is 3.34. The van der Waals surface area contributed by atoms with Gasteiger partial charge in [0.2, 0.25) is 0 Å². The zero-order valence-electron chi connectivity index (χ0n) is 6.51. The average molecular weight is 140 g/mol. The third kappa shape index (κ3) is 0.988. The normalized spacial score (nSPS) is 10.8. The van der Waals surface area contributed by atoms with Crippen LogP contribution < -0.4 is 5.73 Å². The molecular weight excluding hydrogens is 128 g/mol. The van der Waals surface area contributed by atoms with Crippen LogP contribution in [0, 0.1) is 6.92 Å². The molecular formula is C7H12N2O. The monoisotopic (exact) mass is 140 g/mol. The second-order valence-corrected chi connectivity index (χ2v) is 2.69. The number of hydrogen-bond donors (Lipinski definition) is 1. The fourth-order valence-electron chi connectivity index (χ4n) is 1.10. The Labute approximate surface area is 60.2 Å². The van der Waals surface area contributed by atoms with Gasteiger partial charge in [0.1, 0.15) is 5.76 Å². The fourth-order valence-corrected chi connectivity index (χ4v) is 1.10. The smallest absolute Gasteiger partial charge is 0.170 e. The van der Waals surface area contributed by atoms with E-state index in [0.29, 0.717) is 11.7 Å². The van der Waals surface area contributed by atoms with Crippen LogP contribution >= 0.6 is 0 Å². The molecule has 0 aromatic carbocycles. The van der Waals surface area contributed by atoms with E-state index in [9.17, 15) is 0 Å². The highest BCUT2D eigenvalue weighted by atomic mass is 16.5. The van der Waals surface area contributed by atoms with Crippen molar-refractivity contribution in [1.82, 2.24) is 5.16 Å². The van der Waals surface area contributed by atoms with Crippen LogP contribution in [0.5, 0.6) is 0 Å². The van der Waals surface area contributed by atoms with Crippen molar-refractivity contribution in [3.8, 4) is 0 Å². The van der Waals surface area contributed by atoms with Crippen molar-refractivity contribution in [3.05, 3.63) is 11.3 Å². The molecule has 0 spiro atoms. The van der Waals surface area contributed by atoms with Crippen molar-refractivity contribution in [3.63, 3.8) is 0 Å². The molecule has 1 heterocycles. The van der Waals surface area contributed by atoms with E-state index in [0.717, 1.165) is 11.3 Å². The van der Waals surface area contributed by atoms with E-state index in [4.69, 9.17) is 10.3 Å². The molecule has 0 radical (unpaired) electrons. The molecule has 1 aromatic heterocycles. The highest BCUT2D eigenvalue weighted by Crippen LogP contribution is 2.23. The van der Waals surface area contributed by atoms with Gasteiger partial charge in [-0.3, -0.25) is 0 Å². The van der Waals surface area contributed by atoms with Crippen LogP contribution in [-0.2, 0) is 0 Å². The number of anilines is 1. The van der Waals surface area contributed by atoms with Crippen molar-refractivity contribution < 1.29 is 4.52 Å². The number of nitrogen functional groups attached to an aromatic ring is 1. The van der Waals surface area contributed by atoms with Gasteiger partial charge in [-0.2, -0.15) is 0 Å². The Morgan fingerprint density at radius 2 is 2.10 bits per heavy atom. The van der Waals surface area contributed by atoms with Gasteiger partial charge in [0.25, 0.3) is 0 Å². The molecule has 10 heavy (non-hydrogen) atoms. The van der Waals surface area contributed by atoms with Crippen molar-refractivity contribution in [2.75, 3.05) is 5.73 Å². The summed E-state index contributed by atoms with van der Waals surface area (Å²) in [7, 11) is 0. The molecule has 3 nitrogen and oxygen atoms in total. The summed E-state index contributed by atoms with van der Waals surface area (Å²) in [5, 5.41) is 3.64. The maximum absolute atomic E-state index is 5.54. The molecule has 2 N–H and O–H groups in total. The zero-order chi connectivity index (χ0) is 7.72. The Kier molecular flexibility index (Phi) is 1.66. The van der Waals surface area contributed by atoms with Crippen LogP contribution in [0.4, 0.5) is 5.82 Å². The lowest BCUT2D eigenvalue weighted by Crippen LogP contribution is -1.94. The SMILES string of the molecule is Cc1onc(N)c1C(C)C. The minimum atomic E-state index is 0.395. The fraction of sp³-hybridized carbons (Fsp3) is 0.571. The number of rotatable bonds is 1. The van der Waals surface area contributed by atoms with Gasteiger partial charge < -0.3 is 10.3 Å². The van der Waals surface area contributed by atoms with E-state index in [1.165, 1.54) is 0 Å². The highest BCUT2D eigenvalue weighted by molar-refractivity contribution is 5.41. The summed E-state index contributed by atoms with van der Waals surface area (Å²) in [6.07, 6.45) is 0. The van der Waals surface area contributed by atoms with E-state index in [-0.39, 0.29) is 0 Å². The molecule has 56 valence electrons. The molecule has 1 aromatic rings. The van der Waals surface area contributed by atoms with Crippen LogP contribution in [0.3, 0.4) is 0 Å². The third-order valence-corrected chi connectivity index (χ3v) is 1.51. The van der Waals surface area contributed by atoms with E-state index >= 15 is 0 Å². The van der Waals surface area contributed by atoms with Gasteiger partial charge in [0, 0.05) is 5.56 Å². The number of hydrogen-bond acceptors (Lipinski definition) is 3. The Morgan fingerprint density at radius 3 is 2.30 bits per heavy atom. The van der Waals surface area contributed by atoms with Crippen molar-refractivity contribution in [1.29, 1.82) is 0 Å². The quantitative estimate of drug-likeness (QED) is 0.645. The summed E-state index contributed by atoms with van der Waals surface area (Å²) in [5.41, 5.74) is 6.57. The van der Waals surface area contributed by atoms with Crippen LogP contribution in [0.15, 0.2) is 4.52 Å². The summed E-state index contributed by atoms with van der Waals surface area (Å²) < 4.78 is 4.88. The minimum absolute atomic E-state index is 0.395. The second kappa shape index (κ2) is 2.33. The molecule has 0 aliphatic carbocycles. The van der Waals surface area contributed by atoms with E-state index in [1.807, 2.05) is 6.92 Å². The molecule has 0 aliphatic heterocycles. The maximum atomic E-state index is 5.54.